The van der Waals surface area contributed by atoms with E-state index in [0.29, 0.717) is 18.7 Å². The van der Waals surface area contributed by atoms with E-state index in [1.807, 2.05) is 18.4 Å². The maximum absolute atomic E-state index is 12.6. The fourth-order valence-electron chi connectivity index (χ4n) is 3.15. The number of Topliss-reactive ketones (excluding diaryl/α,β-unsaturated/α-hetero) is 1. The molecule has 30 heavy (non-hydrogen) atoms. The fourth-order valence-corrected chi connectivity index (χ4v) is 3.15. The molecule has 0 aliphatic rings. The van der Waals surface area contributed by atoms with Crippen molar-refractivity contribution in [2.24, 2.45) is 0 Å². The van der Waals surface area contributed by atoms with E-state index in [1.54, 1.807) is 20.1 Å². The first kappa shape index (κ1) is 23.1. The highest BCUT2D eigenvalue weighted by Crippen LogP contribution is 2.28. The van der Waals surface area contributed by atoms with Crippen LogP contribution in [-0.2, 0) is 16.0 Å². The van der Waals surface area contributed by atoms with Crippen molar-refractivity contribution in [2.75, 3.05) is 26.9 Å². The smallest absolute Gasteiger partial charge is 0.338 e. The summed E-state index contributed by atoms with van der Waals surface area (Å²) in [6.07, 6.45) is 0.812. The van der Waals surface area contributed by atoms with E-state index in [0.717, 1.165) is 23.9 Å². The van der Waals surface area contributed by atoms with Crippen LogP contribution in [0, 0.1) is 24.0 Å². The lowest BCUT2D eigenvalue weighted by Gasteiger charge is -2.09. The molecule has 2 aromatic rings. The molecule has 1 aromatic carbocycles. The molecule has 0 saturated carbocycles. The molecular formula is C21H26N2O7. The number of benzene rings is 1. The normalized spacial score (nSPS) is 10.7. The van der Waals surface area contributed by atoms with Crippen molar-refractivity contribution in [3.63, 3.8) is 0 Å². The third kappa shape index (κ3) is 5.44. The van der Waals surface area contributed by atoms with Gasteiger partial charge in [-0.15, -0.1) is 0 Å². The third-order valence-corrected chi connectivity index (χ3v) is 4.63. The number of ether oxygens (including phenoxy) is 3. The van der Waals surface area contributed by atoms with E-state index >= 15 is 0 Å². The molecule has 162 valence electrons. The molecule has 9 heteroatoms. The molecule has 0 spiro atoms. The van der Waals surface area contributed by atoms with Crippen molar-refractivity contribution in [1.29, 1.82) is 0 Å². The van der Waals surface area contributed by atoms with Crippen molar-refractivity contribution in [3.8, 4) is 5.75 Å². The number of nitro benzene ring substituents is 1. The van der Waals surface area contributed by atoms with Crippen LogP contribution in [0.2, 0.25) is 0 Å². The van der Waals surface area contributed by atoms with Gasteiger partial charge < -0.3 is 18.8 Å². The van der Waals surface area contributed by atoms with Crippen LogP contribution in [0.25, 0.3) is 0 Å². The Morgan fingerprint density at radius 3 is 2.57 bits per heavy atom. The number of ketones is 1. The van der Waals surface area contributed by atoms with Crippen LogP contribution >= 0.6 is 0 Å². The van der Waals surface area contributed by atoms with Crippen LogP contribution in [0.1, 0.15) is 45.4 Å². The van der Waals surface area contributed by atoms with Gasteiger partial charge in [-0.1, -0.05) is 0 Å². The second-order valence-electron chi connectivity index (χ2n) is 6.65. The molecule has 0 unspecified atom stereocenters. The number of methoxy groups -OCH3 is 1. The van der Waals surface area contributed by atoms with E-state index in [9.17, 15) is 19.7 Å². The number of hydrogen-bond donors (Lipinski definition) is 0. The van der Waals surface area contributed by atoms with Crippen LogP contribution in [0.3, 0.4) is 0 Å². The van der Waals surface area contributed by atoms with Crippen LogP contribution in [0.4, 0.5) is 5.69 Å². The summed E-state index contributed by atoms with van der Waals surface area (Å²) in [7, 11) is 1.64. The Morgan fingerprint density at radius 1 is 1.20 bits per heavy atom. The first-order chi connectivity index (χ1) is 14.3. The zero-order chi connectivity index (χ0) is 22.3. The average Bonchev–Trinajstić information content (AvgIpc) is 3.00. The number of hydrogen-bond acceptors (Lipinski definition) is 7. The lowest BCUT2D eigenvalue weighted by Crippen LogP contribution is -2.15. The molecule has 0 aliphatic heterocycles. The van der Waals surface area contributed by atoms with Gasteiger partial charge in [-0.2, -0.15) is 0 Å². The Kier molecular flexibility index (Phi) is 8.11. The third-order valence-electron chi connectivity index (χ3n) is 4.63. The first-order valence-electron chi connectivity index (χ1n) is 9.57. The van der Waals surface area contributed by atoms with Gasteiger partial charge in [-0.25, -0.2) is 4.79 Å². The Labute approximate surface area is 174 Å². The predicted molar refractivity (Wildman–Crippen MR) is 109 cm³/mol. The van der Waals surface area contributed by atoms with E-state index in [4.69, 9.17) is 14.2 Å². The van der Waals surface area contributed by atoms with Crippen molar-refractivity contribution in [1.82, 2.24) is 4.57 Å². The quantitative estimate of drug-likeness (QED) is 0.181. The van der Waals surface area contributed by atoms with E-state index in [2.05, 4.69) is 0 Å². The molecule has 0 saturated heterocycles. The first-order valence-corrected chi connectivity index (χ1v) is 9.57. The molecule has 0 atom stereocenters. The topological polar surface area (TPSA) is 110 Å². The molecule has 1 aromatic heterocycles. The number of nitro groups is 1. The highest BCUT2D eigenvalue weighted by atomic mass is 16.6. The van der Waals surface area contributed by atoms with Gasteiger partial charge in [0.05, 0.1) is 17.1 Å². The van der Waals surface area contributed by atoms with E-state index in [-0.39, 0.29) is 29.4 Å². The zero-order valence-electron chi connectivity index (χ0n) is 17.6. The Balaban J connectivity index is 2.08. The van der Waals surface area contributed by atoms with Crippen molar-refractivity contribution in [3.05, 3.63) is 56.9 Å². The van der Waals surface area contributed by atoms with Crippen molar-refractivity contribution in [2.45, 2.75) is 33.7 Å². The van der Waals surface area contributed by atoms with Gasteiger partial charge >= 0.3 is 11.7 Å². The van der Waals surface area contributed by atoms with Crippen LogP contribution in [0.15, 0.2) is 24.3 Å². The van der Waals surface area contributed by atoms with Gasteiger partial charge in [0.1, 0.15) is 0 Å². The highest BCUT2D eigenvalue weighted by Gasteiger charge is 2.21. The van der Waals surface area contributed by atoms with E-state index in [1.165, 1.54) is 12.1 Å². The number of nitrogens with zero attached hydrogens (tertiary/aromatic N) is 2. The van der Waals surface area contributed by atoms with Gasteiger partial charge in [0.15, 0.2) is 12.4 Å². The Hall–Kier alpha value is -3.20. The summed E-state index contributed by atoms with van der Waals surface area (Å²) >= 11 is 0. The molecule has 1 heterocycles. The molecule has 0 N–H and O–H groups in total. The standard InChI is InChI=1S/C21H26N2O7/c1-5-29-20-8-7-16(12-18(20)23(26)27)21(25)30-13-19(24)17-11-14(2)22(15(17)3)9-6-10-28-4/h7-8,11-12H,5-6,9-10,13H2,1-4H3. The Morgan fingerprint density at radius 2 is 1.93 bits per heavy atom. The van der Waals surface area contributed by atoms with Crippen LogP contribution < -0.4 is 4.74 Å². The minimum absolute atomic E-state index is 0.0250. The van der Waals surface area contributed by atoms with E-state index < -0.39 is 17.5 Å². The molecule has 0 bridgehead atoms. The molecule has 0 radical (unpaired) electrons. The lowest BCUT2D eigenvalue weighted by atomic mass is 10.1. The van der Waals surface area contributed by atoms with Crippen molar-refractivity contribution >= 4 is 17.4 Å². The lowest BCUT2D eigenvalue weighted by molar-refractivity contribution is -0.385. The highest BCUT2D eigenvalue weighted by molar-refractivity contribution is 6.00. The molecule has 9 nitrogen and oxygen atoms in total. The molecule has 0 aliphatic carbocycles. The van der Waals surface area contributed by atoms with Crippen molar-refractivity contribution < 1.29 is 28.7 Å². The van der Waals surface area contributed by atoms with Gasteiger partial charge in [-0.05, 0) is 45.4 Å². The summed E-state index contributed by atoms with van der Waals surface area (Å²) in [5.74, 6) is -1.09. The minimum Gasteiger partial charge on any atom is -0.487 e. The number of carbonyl (C=O) groups is 2. The summed E-state index contributed by atoms with van der Waals surface area (Å²) in [5.41, 5.74) is 1.84. The largest absolute Gasteiger partial charge is 0.487 e. The Bertz CT molecular complexity index is 934. The summed E-state index contributed by atoms with van der Waals surface area (Å²) in [6, 6.07) is 5.56. The van der Waals surface area contributed by atoms with Crippen LogP contribution in [0.5, 0.6) is 5.75 Å². The monoisotopic (exact) mass is 418 g/mol. The second-order valence-corrected chi connectivity index (χ2v) is 6.65. The number of rotatable bonds is 11. The predicted octanol–water partition coefficient (Wildman–Crippen LogP) is 3.49. The zero-order valence-corrected chi connectivity index (χ0v) is 17.6. The second kappa shape index (κ2) is 10.5. The molecule has 0 amide bonds. The fraction of sp³-hybridized carbons (Fsp3) is 0.429. The summed E-state index contributed by atoms with van der Waals surface area (Å²) in [6.45, 7) is 6.57. The van der Waals surface area contributed by atoms with Gasteiger partial charge in [0, 0.05) is 43.3 Å². The minimum atomic E-state index is -0.816. The SMILES string of the molecule is CCOc1ccc(C(=O)OCC(=O)c2cc(C)n(CCCOC)c2C)cc1[N+](=O)[O-]. The number of carbonyl (C=O) groups excluding carboxylic acids is 2. The maximum atomic E-state index is 12.6. The van der Waals surface area contributed by atoms with Gasteiger partial charge in [-0.3, -0.25) is 14.9 Å². The molecule has 2 rings (SSSR count). The van der Waals surface area contributed by atoms with Gasteiger partial charge in [0.25, 0.3) is 0 Å². The molecular weight excluding hydrogens is 392 g/mol. The average molecular weight is 418 g/mol. The van der Waals surface area contributed by atoms with Gasteiger partial charge in [0.2, 0.25) is 5.78 Å². The summed E-state index contributed by atoms with van der Waals surface area (Å²) < 4.78 is 17.4. The maximum Gasteiger partial charge on any atom is 0.338 e. The number of aromatic nitrogens is 1. The summed E-state index contributed by atoms with van der Waals surface area (Å²) in [4.78, 5) is 35.4. The molecule has 0 fully saturated rings. The van der Waals surface area contributed by atoms with Crippen LogP contribution in [-0.4, -0.2) is 48.2 Å². The summed E-state index contributed by atoms with van der Waals surface area (Å²) in [5, 5.41) is 11.2. The number of esters is 1. The number of aryl methyl sites for hydroxylation is 1.